The molecule has 0 aliphatic rings. The minimum Gasteiger partial charge on any atom is -0.506 e. The molecule has 20 heavy (non-hydrogen) atoms. The van der Waals surface area contributed by atoms with Gasteiger partial charge >= 0.3 is 5.97 Å². The van der Waals surface area contributed by atoms with Crippen LogP contribution in [0.15, 0.2) is 23.0 Å². The van der Waals surface area contributed by atoms with Gasteiger partial charge in [-0.15, -0.1) is 0 Å². The lowest BCUT2D eigenvalue weighted by atomic mass is 10.1. The van der Waals surface area contributed by atoms with Crippen LogP contribution in [0.1, 0.15) is 22.8 Å². The van der Waals surface area contributed by atoms with Gasteiger partial charge in [0.15, 0.2) is 5.56 Å². The second-order valence-corrected chi connectivity index (χ2v) is 4.40. The molecule has 0 radical (unpaired) electrons. The highest BCUT2D eigenvalue weighted by Crippen LogP contribution is 2.29. The summed E-state index contributed by atoms with van der Waals surface area (Å²) in [6.07, 6.45) is 0. The molecule has 6 heteroatoms. The van der Waals surface area contributed by atoms with Crippen LogP contribution in [0, 0.1) is 0 Å². The first-order valence-electron chi connectivity index (χ1n) is 5.99. The van der Waals surface area contributed by atoms with Crippen LogP contribution in [0.3, 0.4) is 0 Å². The lowest BCUT2D eigenvalue weighted by molar-refractivity contribution is 0.0520. The number of esters is 1. The van der Waals surface area contributed by atoms with Gasteiger partial charge in [-0.1, -0.05) is 24.4 Å². The summed E-state index contributed by atoms with van der Waals surface area (Å²) in [5, 5.41) is 12.0. The molecule has 0 amide bonds. The highest BCUT2D eigenvalue weighted by molar-refractivity contribution is 7.79. The zero-order valence-corrected chi connectivity index (χ0v) is 11.9. The Hall–Kier alpha value is -2.21. The number of ether oxygens (including phenoxy) is 1. The Kier molecular flexibility index (Phi) is 3.85. The summed E-state index contributed by atoms with van der Waals surface area (Å²) in [5.74, 6) is -1.23. The molecule has 0 aliphatic heterocycles. The van der Waals surface area contributed by atoms with Crippen molar-refractivity contribution in [3.8, 4) is 5.75 Å². The second kappa shape index (κ2) is 5.42. The predicted octanol–water partition coefficient (Wildman–Crippen LogP) is 1.77. The number of carbonyl (C=O) groups excluding carboxylic acids is 1. The summed E-state index contributed by atoms with van der Waals surface area (Å²) in [7, 11) is 1.53. The van der Waals surface area contributed by atoms with Crippen molar-refractivity contribution < 1.29 is 14.6 Å². The van der Waals surface area contributed by atoms with E-state index in [1.54, 1.807) is 25.1 Å². The number of aryl methyl sites for hydroxylation is 1. The highest BCUT2D eigenvalue weighted by Gasteiger charge is 2.23. The number of aromatic nitrogens is 1. The maximum absolute atomic E-state index is 12.2. The molecule has 0 bridgehead atoms. The maximum Gasteiger partial charge on any atom is 0.347 e. The average Bonchev–Trinajstić information content (AvgIpc) is 2.44. The van der Waals surface area contributed by atoms with Crippen molar-refractivity contribution in [3.05, 3.63) is 39.7 Å². The third-order valence-corrected chi connectivity index (χ3v) is 3.29. The van der Waals surface area contributed by atoms with Gasteiger partial charge in [-0.25, -0.2) is 4.79 Å². The Morgan fingerprint density at radius 1 is 1.50 bits per heavy atom. The molecule has 1 heterocycles. The monoisotopic (exact) mass is 291 g/mol. The number of pyridine rings is 1. The van der Waals surface area contributed by atoms with Gasteiger partial charge in [0, 0.05) is 17.8 Å². The number of aromatic hydroxyl groups is 1. The Bertz CT molecular complexity index is 764. The number of rotatable bonds is 3. The van der Waals surface area contributed by atoms with Crippen LogP contribution in [0.25, 0.3) is 10.9 Å². The molecule has 2 aromatic rings. The number of benzene rings is 1. The predicted molar refractivity (Wildman–Crippen MR) is 79.6 cm³/mol. The Labute approximate surface area is 120 Å². The van der Waals surface area contributed by atoms with Crippen molar-refractivity contribution in [2.24, 2.45) is 7.05 Å². The Morgan fingerprint density at radius 2 is 2.20 bits per heavy atom. The van der Waals surface area contributed by atoms with E-state index in [-0.39, 0.29) is 12.2 Å². The van der Waals surface area contributed by atoms with Crippen molar-refractivity contribution >= 4 is 34.5 Å². The molecule has 0 fully saturated rings. The first kappa shape index (κ1) is 14.2. The maximum atomic E-state index is 12.2. The van der Waals surface area contributed by atoms with E-state index in [1.807, 2.05) is 0 Å². The fourth-order valence-corrected chi connectivity index (χ4v) is 2.28. The molecule has 0 unspecified atom stereocenters. The van der Waals surface area contributed by atoms with Gasteiger partial charge in [0.25, 0.3) is 5.56 Å². The Balaban J connectivity index is 2.94. The van der Waals surface area contributed by atoms with E-state index in [9.17, 15) is 14.7 Å². The minimum absolute atomic E-state index is 0.119. The van der Waals surface area contributed by atoms with Gasteiger partial charge in [-0.05, 0) is 18.6 Å². The zero-order chi connectivity index (χ0) is 14.9. The topological polar surface area (TPSA) is 68.5 Å². The quantitative estimate of drug-likeness (QED) is 0.689. The minimum atomic E-state index is -0.841. The van der Waals surface area contributed by atoms with Gasteiger partial charge in [0.1, 0.15) is 5.75 Å². The summed E-state index contributed by atoms with van der Waals surface area (Å²) in [6, 6.07) is 5.10. The van der Waals surface area contributed by atoms with Crippen molar-refractivity contribution in [3.63, 3.8) is 0 Å². The second-order valence-electron chi connectivity index (χ2n) is 4.17. The molecule has 0 aliphatic carbocycles. The lowest BCUT2D eigenvalue weighted by Gasteiger charge is -2.12. The van der Waals surface area contributed by atoms with Gasteiger partial charge in [0.2, 0.25) is 0 Å². The third kappa shape index (κ3) is 2.08. The molecule has 0 atom stereocenters. The summed E-state index contributed by atoms with van der Waals surface area (Å²) < 4.78 is 6.11. The number of hydrogen-bond donors (Lipinski definition) is 1. The normalized spacial score (nSPS) is 10.5. The van der Waals surface area contributed by atoms with Crippen LogP contribution < -0.4 is 5.56 Å². The van der Waals surface area contributed by atoms with E-state index in [0.717, 1.165) is 0 Å². The van der Waals surface area contributed by atoms with Crippen molar-refractivity contribution in [1.82, 2.24) is 4.57 Å². The largest absolute Gasteiger partial charge is 0.506 e. The first-order valence-corrected chi connectivity index (χ1v) is 6.47. The standard InChI is InChI=1S/C14H13NO4S/c1-3-19-14(18)11-12(16)10-8(7-20)5-4-6-9(10)15(2)13(11)17/h4-7,16H,3H2,1-2H3. The van der Waals surface area contributed by atoms with Crippen molar-refractivity contribution in [2.75, 3.05) is 6.61 Å². The number of hydrogen-bond acceptors (Lipinski definition) is 5. The van der Waals surface area contributed by atoms with Crippen LogP contribution in [0.5, 0.6) is 5.75 Å². The molecule has 0 saturated carbocycles. The fraction of sp³-hybridized carbons (Fsp3) is 0.214. The summed E-state index contributed by atoms with van der Waals surface area (Å²) >= 11 is 4.90. The number of nitrogens with zero attached hydrogens (tertiary/aromatic N) is 1. The van der Waals surface area contributed by atoms with E-state index in [0.29, 0.717) is 16.5 Å². The molecular formula is C14H13NO4S. The van der Waals surface area contributed by atoms with Crippen molar-refractivity contribution in [2.45, 2.75) is 6.92 Å². The number of fused-ring (bicyclic) bond motifs is 1. The Morgan fingerprint density at radius 3 is 2.80 bits per heavy atom. The van der Waals surface area contributed by atoms with Crippen LogP contribution in [0.2, 0.25) is 0 Å². The van der Waals surface area contributed by atoms with Crippen LogP contribution in [-0.2, 0) is 11.8 Å². The molecule has 5 nitrogen and oxygen atoms in total. The highest BCUT2D eigenvalue weighted by atomic mass is 32.1. The molecule has 0 saturated heterocycles. The number of carbonyl (C=O) groups is 1. The van der Waals surface area contributed by atoms with Crippen LogP contribution in [-0.4, -0.2) is 27.6 Å². The van der Waals surface area contributed by atoms with Gasteiger partial charge in [-0.3, -0.25) is 4.79 Å². The van der Waals surface area contributed by atoms with E-state index in [1.165, 1.54) is 17.0 Å². The van der Waals surface area contributed by atoms with E-state index >= 15 is 0 Å². The average molecular weight is 291 g/mol. The van der Waals surface area contributed by atoms with Gasteiger partial charge < -0.3 is 14.4 Å². The van der Waals surface area contributed by atoms with E-state index in [4.69, 9.17) is 17.0 Å². The van der Waals surface area contributed by atoms with Crippen LogP contribution >= 0.6 is 12.2 Å². The SMILES string of the molecule is CCOC(=O)c1c(O)c2c(C=S)cccc2n(C)c1=O. The smallest absolute Gasteiger partial charge is 0.347 e. The molecule has 104 valence electrons. The van der Waals surface area contributed by atoms with Crippen molar-refractivity contribution in [1.29, 1.82) is 0 Å². The summed E-state index contributed by atoms with van der Waals surface area (Å²) in [6.45, 7) is 1.75. The zero-order valence-electron chi connectivity index (χ0n) is 11.0. The molecule has 1 N–H and O–H groups in total. The first-order chi connectivity index (χ1) is 9.52. The van der Waals surface area contributed by atoms with Gasteiger partial charge in [0.05, 0.1) is 12.1 Å². The van der Waals surface area contributed by atoms with E-state index < -0.39 is 17.3 Å². The third-order valence-electron chi connectivity index (χ3n) is 3.03. The van der Waals surface area contributed by atoms with Gasteiger partial charge in [-0.2, -0.15) is 0 Å². The van der Waals surface area contributed by atoms with E-state index in [2.05, 4.69) is 0 Å². The molecule has 1 aromatic heterocycles. The fourth-order valence-electron chi connectivity index (χ4n) is 2.08. The van der Waals surface area contributed by atoms with Crippen LogP contribution in [0.4, 0.5) is 0 Å². The summed E-state index contributed by atoms with van der Waals surface area (Å²) in [5.41, 5.74) is 0.0939. The molecule has 1 aromatic carbocycles. The lowest BCUT2D eigenvalue weighted by Crippen LogP contribution is -2.26. The molecule has 0 spiro atoms. The molecule has 2 rings (SSSR count). The number of thiocarbonyl (C=S) groups is 1. The summed E-state index contributed by atoms with van der Waals surface area (Å²) in [4.78, 5) is 24.0. The molecular weight excluding hydrogens is 278 g/mol.